The van der Waals surface area contributed by atoms with Crippen LogP contribution in [0.3, 0.4) is 0 Å². The molecule has 1 rings (SSSR count). The Balaban J connectivity index is 0.00000361. The lowest BCUT2D eigenvalue weighted by atomic mass is 9.78. The van der Waals surface area contributed by atoms with Crippen LogP contribution in [-0.4, -0.2) is 31.1 Å². The Morgan fingerprint density at radius 2 is 1.70 bits per heavy atom. The molecule has 2 unspecified atom stereocenters. The fraction of sp³-hybridized carbons (Fsp3) is 0.909. The summed E-state index contributed by atoms with van der Waals surface area (Å²) in [6.45, 7) is -1.98. The van der Waals surface area contributed by atoms with Crippen molar-refractivity contribution >= 4 is 18.3 Å². The van der Waals surface area contributed by atoms with E-state index in [0.29, 0.717) is 12.8 Å². The highest BCUT2D eigenvalue weighted by atomic mass is 35.5. The summed E-state index contributed by atoms with van der Waals surface area (Å²) in [5.41, 5.74) is 4.79. The molecule has 20 heavy (non-hydrogen) atoms. The minimum absolute atomic E-state index is 0. The number of rotatable bonds is 4. The van der Waals surface area contributed by atoms with Gasteiger partial charge in [0, 0.05) is 5.92 Å². The van der Waals surface area contributed by atoms with E-state index in [2.05, 4.69) is 0 Å². The Morgan fingerprint density at radius 1 is 1.15 bits per heavy atom. The van der Waals surface area contributed by atoms with Gasteiger partial charge >= 0.3 is 6.18 Å². The Kier molecular flexibility index (Phi) is 7.17. The number of carbonyl (C=O) groups is 1. The quantitative estimate of drug-likeness (QED) is 0.781. The monoisotopic (exact) mass is 324 g/mol. The van der Waals surface area contributed by atoms with Gasteiger partial charge in [0.15, 0.2) is 0 Å². The molecule has 0 aromatic rings. The van der Waals surface area contributed by atoms with Gasteiger partial charge in [0.1, 0.15) is 0 Å². The molecule has 0 saturated heterocycles. The lowest BCUT2D eigenvalue weighted by Gasteiger charge is -2.32. The Bertz CT molecular complexity index is 324. The maximum absolute atomic E-state index is 12.8. The third-order valence-corrected chi connectivity index (χ3v) is 3.34. The normalized spacial score (nSPS) is 23.9. The molecule has 1 aliphatic rings. The van der Waals surface area contributed by atoms with Crippen molar-refractivity contribution in [1.82, 2.24) is 5.32 Å². The van der Waals surface area contributed by atoms with Gasteiger partial charge < -0.3 is 11.1 Å². The smallest absolute Gasteiger partial charge is 0.350 e. The second-order valence-electron chi connectivity index (χ2n) is 4.82. The van der Waals surface area contributed by atoms with Crippen molar-refractivity contribution in [2.24, 2.45) is 17.6 Å². The van der Waals surface area contributed by atoms with Crippen molar-refractivity contribution in [1.29, 1.82) is 0 Å². The molecule has 9 heteroatoms. The molecule has 0 heterocycles. The lowest BCUT2D eigenvalue weighted by molar-refractivity contribution is -0.198. The topological polar surface area (TPSA) is 55.1 Å². The van der Waals surface area contributed by atoms with Crippen LogP contribution in [0.5, 0.6) is 0 Å². The number of nitrogens with two attached hydrogens (primary N) is 1. The van der Waals surface area contributed by atoms with Crippen LogP contribution < -0.4 is 11.1 Å². The highest BCUT2D eigenvalue weighted by Gasteiger charge is 2.48. The number of hydrogen-bond acceptors (Lipinski definition) is 2. The first-order valence-corrected chi connectivity index (χ1v) is 6.10. The van der Waals surface area contributed by atoms with Crippen LogP contribution in [0.25, 0.3) is 0 Å². The minimum atomic E-state index is -4.47. The fourth-order valence-corrected chi connectivity index (χ4v) is 2.26. The SMILES string of the molecule is Cl.NCC(F)(F)CNC(=O)C1CCCCC1C(F)(F)F. The molecule has 0 bridgehead atoms. The number of amides is 1. The van der Waals surface area contributed by atoms with E-state index in [-0.39, 0.29) is 25.2 Å². The van der Waals surface area contributed by atoms with Crippen molar-refractivity contribution in [2.45, 2.75) is 37.8 Å². The van der Waals surface area contributed by atoms with E-state index in [1.807, 2.05) is 5.32 Å². The predicted molar refractivity (Wildman–Crippen MR) is 65.8 cm³/mol. The molecular weight excluding hydrogens is 307 g/mol. The molecule has 0 aromatic carbocycles. The maximum atomic E-state index is 12.8. The molecule has 1 amide bonds. The highest BCUT2D eigenvalue weighted by Crippen LogP contribution is 2.41. The van der Waals surface area contributed by atoms with Gasteiger partial charge in [-0.2, -0.15) is 13.2 Å². The molecular formula is C11H18ClF5N2O. The first-order valence-electron chi connectivity index (χ1n) is 6.10. The maximum Gasteiger partial charge on any atom is 0.392 e. The number of halogens is 6. The van der Waals surface area contributed by atoms with Crippen molar-refractivity contribution < 1.29 is 26.7 Å². The van der Waals surface area contributed by atoms with Gasteiger partial charge in [-0.1, -0.05) is 12.8 Å². The third kappa shape index (κ3) is 5.40. The molecule has 1 fully saturated rings. The van der Waals surface area contributed by atoms with Gasteiger partial charge in [0.05, 0.1) is 19.0 Å². The van der Waals surface area contributed by atoms with E-state index in [0.717, 1.165) is 0 Å². The second-order valence-corrected chi connectivity index (χ2v) is 4.82. The molecule has 1 saturated carbocycles. The summed E-state index contributed by atoms with van der Waals surface area (Å²) in [5.74, 6) is -7.27. The van der Waals surface area contributed by atoms with Crippen molar-refractivity contribution in [2.75, 3.05) is 13.1 Å². The van der Waals surface area contributed by atoms with E-state index >= 15 is 0 Å². The number of nitrogens with one attached hydrogen (secondary N) is 1. The number of carbonyl (C=O) groups excluding carboxylic acids is 1. The number of alkyl halides is 5. The summed E-state index contributed by atoms with van der Waals surface area (Å²) < 4.78 is 63.9. The van der Waals surface area contributed by atoms with Crippen LogP contribution in [-0.2, 0) is 4.79 Å². The van der Waals surface area contributed by atoms with Gasteiger partial charge in [-0.15, -0.1) is 12.4 Å². The fourth-order valence-electron chi connectivity index (χ4n) is 2.26. The van der Waals surface area contributed by atoms with Gasteiger partial charge in [-0.25, -0.2) is 8.78 Å². The zero-order chi connectivity index (χ0) is 14.7. The van der Waals surface area contributed by atoms with Crippen molar-refractivity contribution in [3.05, 3.63) is 0 Å². The van der Waals surface area contributed by atoms with Crippen LogP contribution in [0.4, 0.5) is 22.0 Å². The van der Waals surface area contributed by atoms with Crippen LogP contribution in [0.2, 0.25) is 0 Å². The zero-order valence-electron chi connectivity index (χ0n) is 10.7. The lowest BCUT2D eigenvalue weighted by Crippen LogP contribution is -2.47. The van der Waals surface area contributed by atoms with E-state index in [1.54, 1.807) is 0 Å². The highest BCUT2D eigenvalue weighted by molar-refractivity contribution is 5.85. The molecule has 0 spiro atoms. The van der Waals surface area contributed by atoms with E-state index < -0.39 is 42.9 Å². The van der Waals surface area contributed by atoms with Crippen molar-refractivity contribution in [3.63, 3.8) is 0 Å². The van der Waals surface area contributed by atoms with Gasteiger partial charge in [0.25, 0.3) is 5.92 Å². The van der Waals surface area contributed by atoms with Crippen LogP contribution in [0.1, 0.15) is 25.7 Å². The van der Waals surface area contributed by atoms with E-state index in [1.165, 1.54) is 0 Å². The van der Waals surface area contributed by atoms with E-state index in [4.69, 9.17) is 5.73 Å². The first-order chi connectivity index (χ1) is 8.67. The van der Waals surface area contributed by atoms with Crippen molar-refractivity contribution in [3.8, 4) is 0 Å². The van der Waals surface area contributed by atoms with Gasteiger partial charge in [0.2, 0.25) is 5.91 Å². The van der Waals surface area contributed by atoms with Gasteiger partial charge in [-0.05, 0) is 12.8 Å². The molecule has 1 aliphatic carbocycles. The summed E-state index contributed by atoms with van der Waals surface area (Å²) in [5, 5.41) is 1.88. The minimum Gasteiger partial charge on any atom is -0.350 e. The summed E-state index contributed by atoms with van der Waals surface area (Å²) in [6.07, 6.45) is -3.64. The first kappa shape index (κ1) is 19.4. The van der Waals surface area contributed by atoms with Crippen LogP contribution >= 0.6 is 12.4 Å². The molecule has 3 N–H and O–H groups in total. The molecule has 0 aromatic heterocycles. The summed E-state index contributed by atoms with van der Waals surface area (Å²) in [7, 11) is 0. The summed E-state index contributed by atoms with van der Waals surface area (Å²) in [6, 6.07) is 0. The zero-order valence-corrected chi connectivity index (χ0v) is 11.5. The second kappa shape index (κ2) is 7.40. The molecule has 2 atom stereocenters. The van der Waals surface area contributed by atoms with E-state index in [9.17, 15) is 26.7 Å². The Hall–Kier alpha value is -0.630. The summed E-state index contributed by atoms with van der Waals surface area (Å²) >= 11 is 0. The van der Waals surface area contributed by atoms with Crippen LogP contribution in [0, 0.1) is 11.8 Å². The molecule has 0 aliphatic heterocycles. The number of hydrogen-bond donors (Lipinski definition) is 2. The predicted octanol–water partition coefficient (Wildman–Crippen LogP) is 2.49. The Labute approximate surface area is 119 Å². The average Bonchev–Trinajstić information content (AvgIpc) is 2.35. The summed E-state index contributed by atoms with van der Waals surface area (Å²) in [4.78, 5) is 11.6. The molecule has 0 radical (unpaired) electrons. The molecule has 3 nitrogen and oxygen atoms in total. The third-order valence-electron chi connectivity index (χ3n) is 3.34. The van der Waals surface area contributed by atoms with Crippen LogP contribution in [0.15, 0.2) is 0 Å². The Morgan fingerprint density at radius 3 is 2.20 bits per heavy atom. The van der Waals surface area contributed by atoms with Gasteiger partial charge in [-0.3, -0.25) is 4.79 Å². The standard InChI is InChI=1S/C11H17F5N2O.ClH/c12-10(13,5-17)6-18-9(19)7-3-1-2-4-8(7)11(14,15)16;/h7-8H,1-6,17H2,(H,18,19);1H. The molecule has 120 valence electrons. The largest absolute Gasteiger partial charge is 0.392 e. The average molecular weight is 325 g/mol.